The number of phosphoric acid groups is 2. The van der Waals surface area contributed by atoms with Crippen molar-refractivity contribution in [3.05, 3.63) is 0 Å². The van der Waals surface area contributed by atoms with E-state index in [9.17, 15) is 0 Å². The summed E-state index contributed by atoms with van der Waals surface area (Å²) in [5, 5.41) is 0. The van der Waals surface area contributed by atoms with Crippen LogP contribution < -0.4 is 29.4 Å². The van der Waals surface area contributed by atoms with Crippen LogP contribution in [0, 0.1) is 0 Å². The Balaban J connectivity index is -0.00000000970. The van der Waals surface area contributed by atoms with Gasteiger partial charge in [0.25, 0.3) is 0 Å². The Hall–Kier alpha value is 6.14. The van der Waals surface area contributed by atoms with Crippen molar-refractivity contribution in [3.63, 3.8) is 0 Å². The molecule has 0 unspecified atom stereocenters. The topological polar surface area (TPSA) is 172 Å². The molecule has 0 spiro atoms. The summed E-state index contributed by atoms with van der Waals surface area (Å²) in [6.45, 7) is 0. The SMILES string of the molecule is O=P([O-])([O-])[O-].O=P([O-])([O-])[O-].[Ca+2].[Ca+2].[Ca+2].[Ti].[Ti].[Ti]. The van der Waals surface area contributed by atoms with Crippen molar-refractivity contribution in [2.24, 2.45) is 0 Å². The molecule has 0 aliphatic carbocycles. The van der Waals surface area contributed by atoms with Crippen molar-refractivity contribution < 1.29 is 104 Å². The summed E-state index contributed by atoms with van der Waals surface area (Å²) in [4.78, 5) is 51.3. The Kier molecular flexibility index (Phi) is 80.6. The molecule has 8 nitrogen and oxygen atoms in total. The van der Waals surface area contributed by atoms with Gasteiger partial charge in [0.1, 0.15) is 0 Å². The predicted molar refractivity (Wildman–Crippen MR) is 32.5 cm³/mol. The van der Waals surface area contributed by atoms with Crippen LogP contribution in [-0.2, 0) is 74.3 Å². The molecule has 0 bridgehead atoms. The summed E-state index contributed by atoms with van der Waals surface area (Å²) in [5.41, 5.74) is 0. The predicted octanol–water partition coefficient (Wildman–Crippen LogP) is -6.80. The quantitative estimate of drug-likeness (QED) is 0.257. The molecule has 0 atom stereocenters. The summed E-state index contributed by atoms with van der Waals surface area (Å²) >= 11 is 0. The van der Waals surface area contributed by atoms with E-state index in [4.69, 9.17) is 38.5 Å². The zero-order valence-electron chi connectivity index (χ0n) is 7.78. The molecule has 0 saturated carbocycles. The maximum atomic E-state index is 8.55. The molecule has 0 N–H and O–H groups in total. The van der Waals surface area contributed by atoms with Crippen LogP contribution in [0.5, 0.6) is 0 Å². The van der Waals surface area contributed by atoms with Crippen molar-refractivity contribution in [2.45, 2.75) is 0 Å². The van der Waals surface area contributed by atoms with Gasteiger partial charge < -0.3 is 38.5 Å². The fourth-order valence-corrected chi connectivity index (χ4v) is 0. The fraction of sp³-hybridized carbons (Fsp3) is 0. The maximum Gasteiger partial charge on any atom is 2.00 e. The molecular weight excluding hydrogens is 454 g/mol. The van der Waals surface area contributed by atoms with E-state index in [0.29, 0.717) is 0 Å². The summed E-state index contributed by atoms with van der Waals surface area (Å²) < 4.78 is 17.1. The first-order chi connectivity index (χ1) is 4.00. The normalized spacial score (nSPS) is 7.38. The van der Waals surface area contributed by atoms with Gasteiger partial charge in [0.05, 0.1) is 0 Å². The van der Waals surface area contributed by atoms with Gasteiger partial charge in [0.15, 0.2) is 0 Å². The molecule has 0 aromatic rings. The van der Waals surface area contributed by atoms with Crippen LogP contribution in [0.4, 0.5) is 0 Å². The van der Waals surface area contributed by atoms with E-state index < -0.39 is 15.6 Å². The second-order valence-electron chi connectivity index (χ2n) is 0.894. The third kappa shape index (κ3) is 196. The van der Waals surface area contributed by atoms with Gasteiger partial charge in [-0.25, -0.2) is 0 Å². The van der Waals surface area contributed by atoms with Crippen molar-refractivity contribution in [1.82, 2.24) is 0 Å². The van der Waals surface area contributed by atoms with Gasteiger partial charge in [-0.05, 0) is 0 Å². The molecule has 0 aromatic heterocycles. The van der Waals surface area contributed by atoms with Crippen LogP contribution in [0.2, 0.25) is 0 Å². The summed E-state index contributed by atoms with van der Waals surface area (Å²) in [6, 6.07) is 0. The fourth-order valence-electron chi connectivity index (χ4n) is 0. The van der Waals surface area contributed by atoms with E-state index in [0.717, 1.165) is 0 Å². The number of hydrogen-bond donors (Lipinski definition) is 0. The second-order valence-corrected chi connectivity index (χ2v) is 2.68. The molecule has 0 fully saturated rings. The molecule has 16 heteroatoms. The minimum absolute atomic E-state index is 0. The van der Waals surface area contributed by atoms with E-state index in [-0.39, 0.29) is 178 Å². The van der Waals surface area contributed by atoms with Crippen LogP contribution in [0.1, 0.15) is 0 Å². The van der Waals surface area contributed by atoms with Crippen LogP contribution in [0.3, 0.4) is 0 Å². The second kappa shape index (κ2) is 26.1. The van der Waals surface area contributed by atoms with Crippen molar-refractivity contribution in [2.75, 3.05) is 0 Å². The van der Waals surface area contributed by atoms with E-state index in [1.165, 1.54) is 0 Å². The van der Waals surface area contributed by atoms with E-state index in [2.05, 4.69) is 0 Å². The van der Waals surface area contributed by atoms with Gasteiger partial charge in [-0.15, -0.1) is 0 Å². The molecule has 0 radical (unpaired) electrons. The zero-order chi connectivity index (χ0) is 9.00. The zero-order valence-corrected chi connectivity index (χ0v) is 20.9. The molecule has 0 aromatic carbocycles. The van der Waals surface area contributed by atoms with E-state index >= 15 is 0 Å². The molecule has 0 saturated heterocycles. The smallest absolute Gasteiger partial charge is 0.822 e. The molecule has 0 aliphatic heterocycles. The summed E-state index contributed by atoms with van der Waals surface area (Å²) in [5.74, 6) is 0. The minimum Gasteiger partial charge on any atom is -0.822 e. The van der Waals surface area contributed by atoms with Crippen LogP contribution in [0.25, 0.3) is 0 Å². The Morgan fingerprint density at radius 1 is 0.500 bits per heavy atom. The van der Waals surface area contributed by atoms with Gasteiger partial charge in [-0.2, -0.15) is 15.6 Å². The van der Waals surface area contributed by atoms with Crippen molar-refractivity contribution in [1.29, 1.82) is 0 Å². The van der Waals surface area contributed by atoms with Gasteiger partial charge >= 0.3 is 113 Å². The van der Waals surface area contributed by atoms with Gasteiger partial charge in [0.2, 0.25) is 0 Å². The molecule has 0 amide bonds. The number of rotatable bonds is 0. The first-order valence-corrected chi connectivity index (χ1v) is 4.38. The summed E-state index contributed by atoms with van der Waals surface area (Å²) in [7, 11) is -10.8. The average molecular weight is 454 g/mol. The van der Waals surface area contributed by atoms with E-state index in [1.807, 2.05) is 0 Å². The third-order valence-corrected chi connectivity index (χ3v) is 0. The van der Waals surface area contributed by atoms with Crippen LogP contribution >= 0.6 is 15.6 Å². The monoisotopic (exact) mass is 454 g/mol. The Morgan fingerprint density at radius 2 is 0.500 bits per heavy atom. The Bertz CT molecular complexity index is 141. The standard InChI is InChI=1S/3Ca.2H3O4P.3Ti/c;;;2*1-5(2,3)4;;;/h;;;2*(H3,1,2,3,4);;;/q3*+2;;;;;/p-6. The molecule has 76 valence electrons. The Labute approximate surface area is 227 Å². The maximum absolute atomic E-state index is 8.55. The number of hydrogen-bond acceptors (Lipinski definition) is 8. The molecule has 0 heterocycles. The van der Waals surface area contributed by atoms with Gasteiger partial charge in [0, 0.05) is 65.2 Å². The van der Waals surface area contributed by atoms with Crippen LogP contribution in [-0.4, -0.2) is 113 Å². The molecule has 16 heavy (non-hydrogen) atoms. The van der Waals surface area contributed by atoms with Gasteiger partial charge in [-0.3, -0.25) is 0 Å². The Morgan fingerprint density at radius 3 is 0.500 bits per heavy atom. The molecule has 0 rings (SSSR count). The summed E-state index contributed by atoms with van der Waals surface area (Å²) in [6.07, 6.45) is 0. The average Bonchev–Trinajstić information content (AvgIpc) is 1.12. The van der Waals surface area contributed by atoms with Crippen molar-refractivity contribution >= 4 is 129 Å². The third-order valence-electron chi connectivity index (χ3n) is 0. The van der Waals surface area contributed by atoms with Gasteiger partial charge in [-0.1, -0.05) is 0 Å². The van der Waals surface area contributed by atoms with Crippen molar-refractivity contribution in [3.8, 4) is 0 Å². The first kappa shape index (κ1) is 49.5. The van der Waals surface area contributed by atoms with E-state index in [1.54, 1.807) is 0 Å². The van der Waals surface area contributed by atoms with Crippen LogP contribution in [0.15, 0.2) is 0 Å². The largest absolute Gasteiger partial charge is 2.00 e. The molecular formula is Ca3O8P2Ti3. The molecule has 0 aliphatic rings. The first-order valence-electron chi connectivity index (χ1n) is 1.46. The minimum atomic E-state index is -5.39.